The Labute approximate surface area is 147 Å². The zero-order chi connectivity index (χ0) is 17.4. The quantitative estimate of drug-likeness (QED) is 0.741. The highest BCUT2D eigenvalue weighted by Gasteiger charge is 2.24. The van der Waals surface area contributed by atoms with Gasteiger partial charge in [0.25, 0.3) is 0 Å². The van der Waals surface area contributed by atoms with Crippen LogP contribution < -0.4 is 10.6 Å². The highest BCUT2D eigenvalue weighted by molar-refractivity contribution is 7.10. The van der Waals surface area contributed by atoms with Crippen LogP contribution >= 0.6 is 11.3 Å². The van der Waals surface area contributed by atoms with Crippen LogP contribution in [0.2, 0.25) is 0 Å². The number of carbonyl (C=O) groups excluding carboxylic acids is 2. The zero-order valence-electron chi connectivity index (χ0n) is 14.4. The maximum absolute atomic E-state index is 12.0. The van der Waals surface area contributed by atoms with Crippen LogP contribution in [-0.4, -0.2) is 56.1 Å². The van der Waals surface area contributed by atoms with Gasteiger partial charge in [0.1, 0.15) is 0 Å². The van der Waals surface area contributed by atoms with Gasteiger partial charge in [0.15, 0.2) is 0 Å². The van der Waals surface area contributed by atoms with Gasteiger partial charge in [-0.05, 0) is 17.9 Å². The monoisotopic (exact) mass is 353 g/mol. The van der Waals surface area contributed by atoms with Crippen molar-refractivity contribution in [2.24, 2.45) is 5.92 Å². The van der Waals surface area contributed by atoms with Crippen molar-refractivity contribution >= 4 is 23.2 Å². The molecule has 7 heteroatoms. The van der Waals surface area contributed by atoms with E-state index in [1.807, 2.05) is 19.9 Å². The van der Waals surface area contributed by atoms with Gasteiger partial charge in [-0.3, -0.25) is 14.5 Å². The molecule has 134 valence electrons. The standard InChI is InChI=1S/C17H27N3O3S/c1-3-13(2)17(22)19-12-16(21)18-11-14(15-5-4-10-24-15)20-6-8-23-9-7-20/h4-5,10,13-14H,3,6-9,11-12H2,1-2H3,(H,18,21)(H,19,22). The summed E-state index contributed by atoms with van der Waals surface area (Å²) in [6, 6.07) is 4.28. The fraction of sp³-hybridized carbons (Fsp3) is 0.647. The lowest BCUT2D eigenvalue weighted by Crippen LogP contribution is -2.45. The van der Waals surface area contributed by atoms with Crippen LogP contribution in [0.5, 0.6) is 0 Å². The van der Waals surface area contributed by atoms with E-state index in [9.17, 15) is 9.59 Å². The molecule has 0 aliphatic carbocycles. The summed E-state index contributed by atoms with van der Waals surface area (Å²) in [5.41, 5.74) is 0. The number of thiophene rings is 1. The van der Waals surface area contributed by atoms with E-state index in [4.69, 9.17) is 4.74 Å². The molecule has 1 aliphatic rings. The lowest BCUT2D eigenvalue weighted by atomic mass is 10.1. The summed E-state index contributed by atoms with van der Waals surface area (Å²) in [6.45, 7) is 7.56. The van der Waals surface area contributed by atoms with Gasteiger partial charge in [-0.15, -0.1) is 11.3 Å². The van der Waals surface area contributed by atoms with Gasteiger partial charge in [-0.1, -0.05) is 19.9 Å². The SMILES string of the molecule is CCC(C)C(=O)NCC(=O)NCC(c1cccs1)N1CCOCC1. The number of nitrogens with one attached hydrogen (secondary N) is 2. The Kier molecular flexibility index (Phi) is 7.68. The van der Waals surface area contributed by atoms with Crippen molar-refractivity contribution in [2.45, 2.75) is 26.3 Å². The number of rotatable bonds is 8. The van der Waals surface area contributed by atoms with E-state index >= 15 is 0 Å². The smallest absolute Gasteiger partial charge is 0.239 e. The molecule has 2 rings (SSSR count). The van der Waals surface area contributed by atoms with Crippen molar-refractivity contribution < 1.29 is 14.3 Å². The van der Waals surface area contributed by atoms with Crippen molar-refractivity contribution in [1.29, 1.82) is 0 Å². The molecule has 2 atom stereocenters. The minimum Gasteiger partial charge on any atom is -0.379 e. The first-order chi connectivity index (χ1) is 11.6. The number of hydrogen-bond donors (Lipinski definition) is 2. The van der Waals surface area contributed by atoms with Crippen LogP contribution in [0.4, 0.5) is 0 Å². The first-order valence-electron chi connectivity index (χ1n) is 8.51. The average molecular weight is 353 g/mol. The predicted molar refractivity (Wildman–Crippen MR) is 94.9 cm³/mol. The second kappa shape index (κ2) is 9.76. The molecule has 1 aliphatic heterocycles. The molecule has 0 aromatic carbocycles. The third-order valence-corrected chi connectivity index (χ3v) is 5.31. The molecule has 1 aromatic heterocycles. The molecular weight excluding hydrogens is 326 g/mol. The third kappa shape index (κ3) is 5.58. The second-order valence-corrected chi connectivity index (χ2v) is 6.99. The Bertz CT molecular complexity index is 515. The van der Waals surface area contributed by atoms with Gasteiger partial charge in [-0.2, -0.15) is 0 Å². The Morgan fingerprint density at radius 3 is 2.71 bits per heavy atom. The summed E-state index contributed by atoms with van der Waals surface area (Å²) < 4.78 is 5.42. The zero-order valence-corrected chi connectivity index (χ0v) is 15.2. The summed E-state index contributed by atoms with van der Waals surface area (Å²) in [7, 11) is 0. The Morgan fingerprint density at radius 1 is 1.33 bits per heavy atom. The second-order valence-electron chi connectivity index (χ2n) is 6.01. The summed E-state index contributed by atoms with van der Waals surface area (Å²) in [5, 5.41) is 7.69. The van der Waals surface area contributed by atoms with Gasteiger partial charge >= 0.3 is 0 Å². The minimum atomic E-state index is -0.151. The lowest BCUT2D eigenvalue weighted by Gasteiger charge is -2.34. The highest BCUT2D eigenvalue weighted by atomic mass is 32.1. The Morgan fingerprint density at radius 2 is 2.08 bits per heavy atom. The van der Waals surface area contributed by atoms with Crippen LogP contribution in [0, 0.1) is 5.92 Å². The normalized spacial score (nSPS) is 17.9. The largest absolute Gasteiger partial charge is 0.379 e. The highest BCUT2D eigenvalue weighted by Crippen LogP contribution is 2.25. The van der Waals surface area contributed by atoms with Crippen LogP contribution in [0.1, 0.15) is 31.2 Å². The van der Waals surface area contributed by atoms with Crippen LogP contribution in [0.15, 0.2) is 17.5 Å². The van der Waals surface area contributed by atoms with Crippen LogP contribution in [-0.2, 0) is 14.3 Å². The molecule has 2 N–H and O–H groups in total. The van der Waals surface area contributed by atoms with Crippen LogP contribution in [0.3, 0.4) is 0 Å². The summed E-state index contributed by atoms with van der Waals surface area (Å²) >= 11 is 1.70. The molecule has 2 heterocycles. The molecule has 2 unspecified atom stereocenters. The molecule has 0 bridgehead atoms. The molecule has 0 spiro atoms. The van der Waals surface area contributed by atoms with Crippen molar-refractivity contribution in [1.82, 2.24) is 15.5 Å². The molecule has 1 saturated heterocycles. The summed E-state index contributed by atoms with van der Waals surface area (Å²) in [6.07, 6.45) is 0.769. The molecule has 2 amide bonds. The molecule has 0 radical (unpaired) electrons. The van der Waals surface area contributed by atoms with Gasteiger partial charge in [0, 0.05) is 30.4 Å². The third-order valence-electron chi connectivity index (χ3n) is 4.33. The molecule has 1 fully saturated rings. The Balaban J connectivity index is 1.84. The average Bonchev–Trinajstić information content (AvgIpc) is 3.14. The lowest BCUT2D eigenvalue weighted by molar-refractivity contribution is -0.128. The maximum atomic E-state index is 12.0. The number of hydrogen-bond acceptors (Lipinski definition) is 5. The van der Waals surface area contributed by atoms with E-state index < -0.39 is 0 Å². The summed E-state index contributed by atoms with van der Waals surface area (Å²) in [5.74, 6) is -0.290. The van der Waals surface area contributed by atoms with E-state index in [0.29, 0.717) is 6.54 Å². The number of nitrogens with zero attached hydrogens (tertiary/aromatic N) is 1. The Hall–Kier alpha value is -1.44. The molecule has 6 nitrogen and oxygen atoms in total. The van der Waals surface area contributed by atoms with Crippen molar-refractivity contribution in [3.63, 3.8) is 0 Å². The van der Waals surface area contributed by atoms with E-state index in [1.165, 1.54) is 4.88 Å². The van der Waals surface area contributed by atoms with Crippen molar-refractivity contribution in [2.75, 3.05) is 39.4 Å². The van der Waals surface area contributed by atoms with Crippen molar-refractivity contribution in [3.05, 3.63) is 22.4 Å². The topological polar surface area (TPSA) is 70.7 Å². The first-order valence-corrected chi connectivity index (χ1v) is 9.39. The maximum Gasteiger partial charge on any atom is 0.239 e. The van der Waals surface area contributed by atoms with Crippen molar-refractivity contribution in [3.8, 4) is 0 Å². The fourth-order valence-corrected chi connectivity index (χ4v) is 3.44. The molecule has 1 aromatic rings. The number of ether oxygens (including phenoxy) is 1. The van der Waals surface area contributed by atoms with Gasteiger partial charge < -0.3 is 15.4 Å². The number of carbonyl (C=O) groups is 2. The number of morpholine rings is 1. The number of amides is 2. The molecular formula is C17H27N3O3S. The molecule has 0 saturated carbocycles. The summed E-state index contributed by atoms with van der Waals surface area (Å²) in [4.78, 5) is 27.4. The van der Waals surface area contributed by atoms with E-state index in [-0.39, 0.29) is 30.3 Å². The fourth-order valence-electron chi connectivity index (χ4n) is 2.58. The van der Waals surface area contributed by atoms with Gasteiger partial charge in [-0.25, -0.2) is 0 Å². The first kappa shape index (κ1) is 18.9. The van der Waals surface area contributed by atoms with Gasteiger partial charge in [0.05, 0.1) is 25.8 Å². The minimum absolute atomic E-state index is 0.0312. The van der Waals surface area contributed by atoms with E-state index in [2.05, 4.69) is 27.0 Å². The van der Waals surface area contributed by atoms with Gasteiger partial charge in [0.2, 0.25) is 11.8 Å². The van der Waals surface area contributed by atoms with Crippen LogP contribution in [0.25, 0.3) is 0 Å². The predicted octanol–water partition coefficient (Wildman–Crippen LogP) is 1.40. The van der Waals surface area contributed by atoms with E-state index in [0.717, 1.165) is 32.7 Å². The molecule has 24 heavy (non-hydrogen) atoms. The van der Waals surface area contributed by atoms with E-state index in [1.54, 1.807) is 11.3 Å².